The van der Waals surface area contributed by atoms with Gasteiger partial charge in [-0.25, -0.2) is 14.5 Å². The number of fused-ring (bicyclic) bond motifs is 1. The number of rotatable bonds is 11. The fourth-order valence-electron chi connectivity index (χ4n) is 3.61. The summed E-state index contributed by atoms with van der Waals surface area (Å²) < 4.78 is 17.8. The summed E-state index contributed by atoms with van der Waals surface area (Å²) in [6.07, 6.45) is 6.01. The number of ether oxygens (including phenoxy) is 3. The third-order valence-electron chi connectivity index (χ3n) is 5.71. The molecule has 0 unspecified atom stereocenters. The summed E-state index contributed by atoms with van der Waals surface area (Å²) in [4.78, 5) is 25.7. The second-order valence-electron chi connectivity index (χ2n) is 8.40. The first-order valence-corrected chi connectivity index (χ1v) is 11.7. The molecule has 11 nitrogen and oxygen atoms in total. The standard InChI is InChI=1S/C25H27N7O4/c1-34-20-12-18(14-27-24(20)35-2)17-8-10-32-22(13-17)30-25(31-32)29-21-5-3-4-19(28-21)23(33)26-9-11-36-15-16-6-7-16/h3-5,8,10,12-14,16H,6-7,9,11,15H2,1-2H3,(H,26,33)(H,28,29,31). The zero-order valence-electron chi connectivity index (χ0n) is 20.1. The van der Waals surface area contributed by atoms with E-state index in [9.17, 15) is 4.79 Å². The fourth-order valence-corrected chi connectivity index (χ4v) is 3.61. The molecular weight excluding hydrogens is 462 g/mol. The van der Waals surface area contributed by atoms with E-state index in [0.717, 1.165) is 17.7 Å². The van der Waals surface area contributed by atoms with Gasteiger partial charge in [0.1, 0.15) is 11.5 Å². The smallest absolute Gasteiger partial charge is 0.270 e. The third-order valence-corrected chi connectivity index (χ3v) is 5.71. The van der Waals surface area contributed by atoms with Crippen LogP contribution in [0.2, 0.25) is 0 Å². The minimum Gasteiger partial charge on any atom is -0.491 e. The zero-order chi connectivity index (χ0) is 24.9. The highest BCUT2D eigenvalue weighted by Gasteiger charge is 2.21. The number of amides is 1. The van der Waals surface area contributed by atoms with Gasteiger partial charge in [-0.2, -0.15) is 4.98 Å². The van der Waals surface area contributed by atoms with E-state index in [-0.39, 0.29) is 5.91 Å². The molecule has 0 aliphatic heterocycles. The number of nitrogens with one attached hydrogen (secondary N) is 2. The Morgan fingerprint density at radius 3 is 2.81 bits per heavy atom. The van der Waals surface area contributed by atoms with Crippen LogP contribution in [0.4, 0.5) is 11.8 Å². The Hall–Kier alpha value is -4.25. The van der Waals surface area contributed by atoms with Crippen molar-refractivity contribution in [3.63, 3.8) is 0 Å². The van der Waals surface area contributed by atoms with Gasteiger partial charge >= 0.3 is 0 Å². The summed E-state index contributed by atoms with van der Waals surface area (Å²) in [5.41, 5.74) is 2.68. The lowest BCUT2D eigenvalue weighted by Crippen LogP contribution is -2.28. The number of hydrogen-bond acceptors (Lipinski definition) is 9. The lowest BCUT2D eigenvalue weighted by molar-refractivity contribution is 0.0902. The first-order valence-electron chi connectivity index (χ1n) is 11.7. The Morgan fingerprint density at radius 2 is 2.00 bits per heavy atom. The van der Waals surface area contributed by atoms with Crippen molar-refractivity contribution in [2.75, 3.05) is 39.3 Å². The molecule has 5 rings (SSSR count). The topological polar surface area (TPSA) is 125 Å². The predicted octanol–water partition coefficient (Wildman–Crippen LogP) is 3.10. The molecule has 1 fully saturated rings. The van der Waals surface area contributed by atoms with Crippen molar-refractivity contribution in [3.05, 3.63) is 54.5 Å². The highest BCUT2D eigenvalue weighted by atomic mass is 16.5. The summed E-state index contributed by atoms with van der Waals surface area (Å²) >= 11 is 0. The SMILES string of the molecule is COc1cc(-c2ccn3nc(Nc4cccc(C(=O)NCCOCC5CC5)n4)nc3c2)cnc1OC. The summed E-state index contributed by atoms with van der Waals surface area (Å²) in [5.74, 6) is 2.22. The van der Waals surface area contributed by atoms with Crippen LogP contribution in [-0.2, 0) is 4.74 Å². The molecule has 11 heteroatoms. The van der Waals surface area contributed by atoms with Gasteiger partial charge in [0, 0.05) is 31.1 Å². The van der Waals surface area contributed by atoms with E-state index in [0.29, 0.717) is 53.8 Å². The van der Waals surface area contributed by atoms with Crippen LogP contribution in [0.5, 0.6) is 11.6 Å². The number of aromatic nitrogens is 5. The Labute approximate surface area is 207 Å². The summed E-state index contributed by atoms with van der Waals surface area (Å²) in [5, 5.41) is 10.3. The van der Waals surface area contributed by atoms with Crippen molar-refractivity contribution in [2.24, 2.45) is 5.92 Å². The van der Waals surface area contributed by atoms with E-state index in [2.05, 4.69) is 30.7 Å². The lowest BCUT2D eigenvalue weighted by Gasteiger charge is -2.08. The van der Waals surface area contributed by atoms with Gasteiger partial charge in [-0.15, -0.1) is 5.10 Å². The van der Waals surface area contributed by atoms with Gasteiger partial charge in [0.2, 0.25) is 5.95 Å². The lowest BCUT2D eigenvalue weighted by atomic mass is 10.1. The van der Waals surface area contributed by atoms with Crippen LogP contribution in [0.1, 0.15) is 23.3 Å². The number of carbonyl (C=O) groups excluding carboxylic acids is 1. The maximum absolute atomic E-state index is 12.4. The molecule has 1 aliphatic carbocycles. The molecule has 4 aromatic heterocycles. The van der Waals surface area contributed by atoms with Crippen molar-refractivity contribution in [2.45, 2.75) is 12.8 Å². The van der Waals surface area contributed by atoms with E-state index in [1.165, 1.54) is 12.8 Å². The van der Waals surface area contributed by atoms with Crippen molar-refractivity contribution in [1.82, 2.24) is 29.9 Å². The average molecular weight is 490 g/mol. The Morgan fingerprint density at radius 1 is 1.11 bits per heavy atom. The number of nitrogens with zero attached hydrogens (tertiary/aromatic N) is 5. The van der Waals surface area contributed by atoms with Crippen LogP contribution in [0.15, 0.2) is 48.8 Å². The van der Waals surface area contributed by atoms with Gasteiger partial charge in [-0.1, -0.05) is 6.07 Å². The summed E-state index contributed by atoms with van der Waals surface area (Å²) in [7, 11) is 3.12. The molecule has 4 aromatic rings. The summed E-state index contributed by atoms with van der Waals surface area (Å²) in [6.45, 7) is 1.70. The van der Waals surface area contributed by atoms with Gasteiger partial charge in [0.25, 0.3) is 11.8 Å². The molecule has 0 bridgehead atoms. The van der Waals surface area contributed by atoms with Crippen LogP contribution in [0.25, 0.3) is 16.8 Å². The number of anilines is 2. The van der Waals surface area contributed by atoms with Gasteiger partial charge in [0.15, 0.2) is 11.4 Å². The van der Waals surface area contributed by atoms with Gasteiger partial charge < -0.3 is 24.8 Å². The van der Waals surface area contributed by atoms with Gasteiger partial charge in [-0.05, 0) is 54.7 Å². The van der Waals surface area contributed by atoms with Gasteiger partial charge in [-0.3, -0.25) is 4.79 Å². The van der Waals surface area contributed by atoms with E-state index < -0.39 is 0 Å². The van der Waals surface area contributed by atoms with Crippen LogP contribution < -0.4 is 20.1 Å². The van der Waals surface area contributed by atoms with Crippen molar-refractivity contribution in [3.8, 4) is 22.8 Å². The van der Waals surface area contributed by atoms with Crippen LogP contribution >= 0.6 is 0 Å². The monoisotopic (exact) mass is 489 g/mol. The van der Waals surface area contributed by atoms with Crippen LogP contribution in [-0.4, -0.2) is 64.5 Å². The minimum atomic E-state index is -0.259. The molecule has 0 saturated heterocycles. The van der Waals surface area contributed by atoms with Crippen LogP contribution in [0.3, 0.4) is 0 Å². The fraction of sp³-hybridized carbons (Fsp3) is 0.320. The number of hydrogen-bond donors (Lipinski definition) is 2. The molecule has 1 aliphatic rings. The Kier molecular flexibility index (Phi) is 6.89. The molecular formula is C25H27N7O4. The van der Waals surface area contributed by atoms with Crippen LogP contribution in [0, 0.1) is 5.92 Å². The third kappa shape index (κ3) is 5.52. The molecule has 1 saturated carbocycles. The number of methoxy groups -OCH3 is 2. The Bertz CT molecular complexity index is 1370. The minimum absolute atomic E-state index is 0.259. The second kappa shape index (κ2) is 10.6. The molecule has 2 N–H and O–H groups in total. The zero-order valence-corrected chi connectivity index (χ0v) is 20.1. The maximum Gasteiger partial charge on any atom is 0.270 e. The molecule has 0 radical (unpaired) electrons. The average Bonchev–Trinajstić information content (AvgIpc) is 3.65. The van der Waals surface area contributed by atoms with Crippen molar-refractivity contribution >= 4 is 23.3 Å². The molecule has 0 aromatic carbocycles. The largest absolute Gasteiger partial charge is 0.491 e. The molecule has 186 valence electrons. The van der Waals surface area contributed by atoms with Gasteiger partial charge in [0.05, 0.1) is 20.8 Å². The highest BCUT2D eigenvalue weighted by Crippen LogP contribution is 2.30. The Balaban J connectivity index is 1.25. The molecule has 1 amide bonds. The molecule has 36 heavy (non-hydrogen) atoms. The first kappa shape index (κ1) is 23.5. The molecule has 0 atom stereocenters. The highest BCUT2D eigenvalue weighted by molar-refractivity contribution is 5.92. The number of carbonyl (C=O) groups is 1. The van der Waals surface area contributed by atoms with E-state index in [1.54, 1.807) is 43.1 Å². The van der Waals surface area contributed by atoms with E-state index in [1.807, 2.05) is 24.4 Å². The molecule has 0 spiro atoms. The second-order valence-corrected chi connectivity index (χ2v) is 8.40. The normalized spacial score (nSPS) is 12.9. The maximum atomic E-state index is 12.4. The van der Waals surface area contributed by atoms with Crippen molar-refractivity contribution < 1.29 is 19.0 Å². The van der Waals surface area contributed by atoms with E-state index >= 15 is 0 Å². The summed E-state index contributed by atoms with van der Waals surface area (Å²) in [6, 6.07) is 10.8. The predicted molar refractivity (Wildman–Crippen MR) is 133 cm³/mol. The first-order chi connectivity index (χ1) is 17.6. The molecule has 4 heterocycles. The number of pyridine rings is 3. The van der Waals surface area contributed by atoms with E-state index in [4.69, 9.17) is 14.2 Å². The van der Waals surface area contributed by atoms with Crippen molar-refractivity contribution in [1.29, 1.82) is 0 Å². The quantitative estimate of drug-likeness (QED) is 0.306.